The van der Waals surface area contributed by atoms with Crippen LogP contribution in [-0.4, -0.2) is 92.3 Å². The van der Waals surface area contributed by atoms with E-state index >= 15 is 0 Å². The Morgan fingerprint density at radius 3 is 2.57 bits per heavy atom. The van der Waals surface area contributed by atoms with Crippen molar-refractivity contribution in [1.29, 1.82) is 0 Å². The van der Waals surface area contributed by atoms with Gasteiger partial charge in [-0.3, -0.25) is 14.5 Å². The summed E-state index contributed by atoms with van der Waals surface area (Å²) in [6.45, 7) is 1.36. The summed E-state index contributed by atoms with van der Waals surface area (Å²) in [6.07, 6.45) is 0.127. The van der Waals surface area contributed by atoms with Crippen molar-refractivity contribution < 1.29 is 28.2 Å². The highest BCUT2D eigenvalue weighted by molar-refractivity contribution is 7.89. The van der Waals surface area contributed by atoms with Crippen molar-refractivity contribution in [2.75, 3.05) is 50.9 Å². The molecule has 3 rings (SSSR count). The Morgan fingerprint density at radius 1 is 1.29 bits per heavy atom. The molecule has 9 nitrogen and oxygen atoms in total. The molecule has 28 heavy (non-hydrogen) atoms. The van der Waals surface area contributed by atoms with Gasteiger partial charge in [0.1, 0.15) is 0 Å². The summed E-state index contributed by atoms with van der Waals surface area (Å²) in [7, 11) is -0.393. The third-order valence-electron chi connectivity index (χ3n) is 5.01. The molecule has 1 aromatic carbocycles. The third-order valence-corrected chi connectivity index (χ3v) is 6.97. The molecular formula is C18H27N3O6S. The van der Waals surface area contributed by atoms with Gasteiger partial charge < -0.3 is 15.1 Å². The molecule has 1 amide bonds. The number of nitrogens with zero attached hydrogens (tertiary/aromatic N) is 3. The summed E-state index contributed by atoms with van der Waals surface area (Å²) >= 11 is 0. The van der Waals surface area contributed by atoms with Gasteiger partial charge in [0.25, 0.3) is 6.47 Å². The predicted molar refractivity (Wildman–Crippen MR) is 105 cm³/mol. The third kappa shape index (κ3) is 5.28. The average Bonchev–Trinajstić information content (AvgIpc) is 3.19. The van der Waals surface area contributed by atoms with Gasteiger partial charge in [-0.15, -0.1) is 0 Å². The lowest BCUT2D eigenvalue weighted by Crippen LogP contribution is -2.39. The van der Waals surface area contributed by atoms with E-state index in [4.69, 9.17) is 9.90 Å². The second-order valence-electron chi connectivity index (χ2n) is 7.11. The molecule has 1 fully saturated rings. The zero-order valence-corrected chi connectivity index (χ0v) is 16.9. The maximum Gasteiger partial charge on any atom is 0.290 e. The van der Waals surface area contributed by atoms with Crippen LogP contribution < -0.4 is 4.90 Å². The fourth-order valence-electron chi connectivity index (χ4n) is 3.53. The molecule has 0 bridgehead atoms. The minimum absolute atomic E-state index is 0.00623. The molecular weight excluding hydrogens is 386 g/mol. The van der Waals surface area contributed by atoms with Gasteiger partial charge in [0, 0.05) is 45.3 Å². The van der Waals surface area contributed by atoms with E-state index in [-0.39, 0.29) is 30.6 Å². The molecule has 2 atom stereocenters. The second-order valence-corrected chi connectivity index (χ2v) is 9.34. The van der Waals surface area contributed by atoms with Gasteiger partial charge in [0.2, 0.25) is 15.9 Å². The highest BCUT2D eigenvalue weighted by Crippen LogP contribution is 2.28. The van der Waals surface area contributed by atoms with Crippen molar-refractivity contribution in [2.45, 2.75) is 12.5 Å². The Labute approximate surface area is 165 Å². The Hall–Kier alpha value is -2.01. The smallest absolute Gasteiger partial charge is 0.290 e. The lowest BCUT2D eigenvalue weighted by molar-refractivity contribution is -0.123. The van der Waals surface area contributed by atoms with Crippen LogP contribution in [0.3, 0.4) is 0 Å². The van der Waals surface area contributed by atoms with Gasteiger partial charge in [-0.1, -0.05) is 18.2 Å². The number of carboxylic acid groups (broad SMARTS) is 1. The van der Waals surface area contributed by atoms with E-state index in [9.17, 15) is 18.3 Å². The molecule has 10 heteroatoms. The molecule has 0 spiro atoms. The Bertz CT molecular complexity index is 798. The van der Waals surface area contributed by atoms with Crippen molar-refractivity contribution >= 4 is 28.1 Å². The number of hydrogen-bond donors (Lipinski definition) is 2. The number of amides is 1. The summed E-state index contributed by atoms with van der Waals surface area (Å²) in [5.41, 5.74) is 2.13. The van der Waals surface area contributed by atoms with Crippen molar-refractivity contribution in [3.63, 3.8) is 0 Å². The normalized spacial score (nSPS) is 21.9. The summed E-state index contributed by atoms with van der Waals surface area (Å²) in [5, 5.41) is 17.1. The van der Waals surface area contributed by atoms with Crippen molar-refractivity contribution in [2.24, 2.45) is 5.92 Å². The molecule has 0 unspecified atom stereocenters. The largest absolute Gasteiger partial charge is 0.483 e. The van der Waals surface area contributed by atoms with Crippen LogP contribution >= 0.6 is 0 Å². The first-order valence-corrected chi connectivity index (χ1v) is 10.6. The number of aliphatic hydroxyl groups excluding tert-OH is 1. The first-order valence-electron chi connectivity index (χ1n) is 8.96. The first-order chi connectivity index (χ1) is 13.2. The van der Waals surface area contributed by atoms with E-state index in [0.29, 0.717) is 19.6 Å². The molecule has 2 aliphatic heterocycles. The number of hydrogen-bond acceptors (Lipinski definition) is 6. The van der Waals surface area contributed by atoms with Gasteiger partial charge in [0.05, 0.1) is 18.4 Å². The summed E-state index contributed by atoms with van der Waals surface area (Å²) in [4.78, 5) is 24.6. The zero-order chi connectivity index (χ0) is 20.9. The van der Waals surface area contributed by atoms with Gasteiger partial charge >= 0.3 is 0 Å². The molecule has 0 radical (unpaired) electrons. The van der Waals surface area contributed by atoms with Crippen LogP contribution in [-0.2, 0) is 26.0 Å². The van der Waals surface area contributed by atoms with Crippen molar-refractivity contribution in [3.8, 4) is 0 Å². The summed E-state index contributed by atoms with van der Waals surface area (Å²) < 4.78 is 25.2. The lowest BCUT2D eigenvalue weighted by atomic mass is 10.1. The van der Waals surface area contributed by atoms with Crippen LogP contribution in [0.15, 0.2) is 24.3 Å². The molecule has 0 saturated carbocycles. The number of sulfonamides is 1. The van der Waals surface area contributed by atoms with Gasteiger partial charge in [-0.05, 0) is 18.1 Å². The molecule has 1 aromatic rings. The van der Waals surface area contributed by atoms with E-state index in [1.54, 1.807) is 4.90 Å². The van der Waals surface area contributed by atoms with Crippen LogP contribution in [0, 0.1) is 5.92 Å². The van der Waals surface area contributed by atoms with Crippen molar-refractivity contribution in [3.05, 3.63) is 29.8 Å². The molecule has 2 N–H and O–H groups in total. The standard InChI is InChI=1S/C17H25N3O4S.CH2O2/c1-18(2)25(23,24)12-14-9-19(10-16(14)21)11-17(22)20-8-7-13-5-3-4-6-15(13)20;2-1-3/h3-6,14,16,21H,7-12H2,1-2H3;1H,(H,2,3)/t14-,16-;/m0./s1. The van der Waals surface area contributed by atoms with E-state index in [0.717, 1.165) is 12.1 Å². The number of carbonyl (C=O) groups is 2. The number of aliphatic hydroxyl groups is 1. The monoisotopic (exact) mass is 413 g/mol. The lowest BCUT2D eigenvalue weighted by Gasteiger charge is -2.22. The fraction of sp³-hybridized carbons (Fsp3) is 0.556. The highest BCUT2D eigenvalue weighted by atomic mass is 32.2. The van der Waals surface area contributed by atoms with E-state index in [1.165, 1.54) is 24.0 Å². The Kier molecular flexibility index (Phi) is 7.53. The van der Waals surface area contributed by atoms with Crippen LogP contribution in [0.5, 0.6) is 0 Å². The summed E-state index contributed by atoms with van der Waals surface area (Å²) in [6, 6.07) is 7.88. The second kappa shape index (κ2) is 9.46. The minimum Gasteiger partial charge on any atom is -0.483 e. The number of β-amino-alcohol motifs (C(OH)–C–C–N with tert-alkyl or cyclic N) is 1. The quantitative estimate of drug-likeness (QED) is 0.623. The maximum atomic E-state index is 12.6. The van der Waals surface area contributed by atoms with Gasteiger partial charge in [-0.2, -0.15) is 0 Å². The van der Waals surface area contributed by atoms with E-state index in [1.807, 2.05) is 29.2 Å². The minimum atomic E-state index is -3.37. The molecule has 2 aliphatic rings. The molecule has 156 valence electrons. The van der Waals surface area contributed by atoms with Crippen LogP contribution in [0.1, 0.15) is 5.56 Å². The maximum absolute atomic E-state index is 12.6. The molecule has 0 aliphatic carbocycles. The number of benzene rings is 1. The van der Waals surface area contributed by atoms with Gasteiger partial charge in [0.15, 0.2) is 0 Å². The van der Waals surface area contributed by atoms with E-state index < -0.39 is 16.1 Å². The topological polar surface area (TPSA) is 118 Å². The van der Waals surface area contributed by atoms with Crippen LogP contribution in [0.25, 0.3) is 0 Å². The zero-order valence-electron chi connectivity index (χ0n) is 16.1. The Balaban J connectivity index is 0.000000878. The Morgan fingerprint density at radius 2 is 1.93 bits per heavy atom. The number of para-hydroxylation sites is 1. The predicted octanol–water partition coefficient (Wildman–Crippen LogP) is -0.539. The number of likely N-dealkylation sites (tertiary alicyclic amines) is 1. The van der Waals surface area contributed by atoms with Crippen LogP contribution in [0.2, 0.25) is 0 Å². The molecule has 1 saturated heterocycles. The van der Waals surface area contributed by atoms with E-state index in [2.05, 4.69) is 0 Å². The molecule has 2 heterocycles. The van der Waals surface area contributed by atoms with Crippen LogP contribution in [0.4, 0.5) is 5.69 Å². The van der Waals surface area contributed by atoms with Crippen molar-refractivity contribution in [1.82, 2.24) is 9.21 Å². The highest BCUT2D eigenvalue weighted by Gasteiger charge is 2.37. The number of anilines is 1. The average molecular weight is 413 g/mol. The van der Waals surface area contributed by atoms with Gasteiger partial charge in [-0.25, -0.2) is 12.7 Å². The summed E-state index contributed by atoms with van der Waals surface area (Å²) in [5.74, 6) is -0.474. The fourth-order valence-corrected chi connectivity index (χ4v) is 4.69. The number of carbonyl (C=O) groups excluding carboxylic acids is 1. The first kappa shape index (κ1) is 22.3. The SMILES string of the molecule is CN(C)S(=O)(=O)C[C@@H]1CN(CC(=O)N2CCc3ccccc32)C[C@@H]1O.O=CO. The number of rotatable bonds is 5. The molecule has 0 aromatic heterocycles. The number of fused-ring (bicyclic) bond motifs is 1.